The Morgan fingerprint density at radius 2 is 2.29 bits per heavy atom. The summed E-state index contributed by atoms with van der Waals surface area (Å²) in [6, 6.07) is 9.21. The molecule has 14 heavy (non-hydrogen) atoms. The van der Waals surface area contributed by atoms with Gasteiger partial charge in [0.15, 0.2) is 0 Å². The molecule has 0 radical (unpaired) electrons. The third-order valence-corrected chi connectivity index (χ3v) is 2.67. The van der Waals surface area contributed by atoms with Gasteiger partial charge in [0.1, 0.15) is 0 Å². The minimum Gasteiger partial charge on any atom is -0.309 e. The van der Waals surface area contributed by atoms with Crippen LogP contribution in [0.5, 0.6) is 0 Å². The molecule has 0 bridgehead atoms. The maximum absolute atomic E-state index is 3.51. The molecule has 1 aromatic rings. The normalized spacial score (nSPS) is 17.6. The zero-order valence-corrected chi connectivity index (χ0v) is 8.51. The minimum atomic E-state index is 0.574. The molecule has 0 spiro atoms. The predicted molar refractivity (Wildman–Crippen MR) is 59.0 cm³/mol. The molecular formula is C13H15N. The van der Waals surface area contributed by atoms with E-state index in [0.29, 0.717) is 6.04 Å². The van der Waals surface area contributed by atoms with Gasteiger partial charge in [-0.05, 0) is 24.5 Å². The van der Waals surface area contributed by atoms with Gasteiger partial charge in [0.2, 0.25) is 0 Å². The molecular weight excluding hydrogens is 170 g/mol. The van der Waals surface area contributed by atoms with Crippen LogP contribution in [0.4, 0.5) is 0 Å². The number of benzene rings is 1. The topological polar surface area (TPSA) is 12.0 Å². The van der Waals surface area contributed by atoms with Crippen molar-refractivity contribution in [3.63, 3.8) is 0 Å². The van der Waals surface area contributed by atoms with Gasteiger partial charge in [-0.1, -0.05) is 24.3 Å². The average molecular weight is 185 g/mol. The van der Waals surface area contributed by atoms with Gasteiger partial charge >= 0.3 is 0 Å². The molecule has 0 amide bonds. The number of hydrogen-bond acceptors (Lipinski definition) is 1. The van der Waals surface area contributed by atoms with Gasteiger partial charge in [-0.3, -0.25) is 0 Å². The van der Waals surface area contributed by atoms with Crippen molar-refractivity contribution >= 4 is 0 Å². The fourth-order valence-electron chi connectivity index (χ4n) is 1.87. The molecule has 1 aliphatic rings. The zero-order valence-electron chi connectivity index (χ0n) is 8.51. The fraction of sp³-hybridized carbons (Fsp3) is 0.385. The van der Waals surface area contributed by atoms with Crippen molar-refractivity contribution in [3.8, 4) is 11.8 Å². The van der Waals surface area contributed by atoms with Crippen molar-refractivity contribution in [2.45, 2.75) is 25.8 Å². The van der Waals surface area contributed by atoms with Crippen LogP contribution in [0.15, 0.2) is 24.3 Å². The van der Waals surface area contributed by atoms with E-state index in [1.54, 1.807) is 0 Å². The van der Waals surface area contributed by atoms with Gasteiger partial charge in [-0.25, -0.2) is 0 Å². The lowest BCUT2D eigenvalue weighted by atomic mass is 9.83. The van der Waals surface area contributed by atoms with Crippen LogP contribution in [0.2, 0.25) is 0 Å². The van der Waals surface area contributed by atoms with Crippen LogP contribution in [0.25, 0.3) is 0 Å². The van der Waals surface area contributed by atoms with Crippen molar-refractivity contribution in [2.24, 2.45) is 0 Å². The lowest BCUT2D eigenvalue weighted by Gasteiger charge is -2.30. The molecule has 1 nitrogen and oxygen atoms in total. The molecule has 1 atom stereocenters. The molecule has 72 valence electrons. The first-order valence-corrected chi connectivity index (χ1v) is 5.12. The predicted octanol–water partition coefficient (Wildman–Crippen LogP) is 2.29. The van der Waals surface area contributed by atoms with Crippen LogP contribution in [0.3, 0.4) is 0 Å². The standard InChI is InChI=1S/C13H15N/c1-2-3-6-9-14-13-10-11-7-4-5-8-12(11)13/h4-5,7-8,13-14H,6,9-10H2,1H3. The summed E-state index contributed by atoms with van der Waals surface area (Å²) in [7, 11) is 0. The average Bonchev–Trinajstić information content (AvgIpc) is 2.19. The molecule has 1 aromatic carbocycles. The fourth-order valence-corrected chi connectivity index (χ4v) is 1.87. The molecule has 0 saturated carbocycles. The van der Waals surface area contributed by atoms with E-state index in [1.807, 2.05) is 6.92 Å². The molecule has 2 rings (SSSR count). The maximum Gasteiger partial charge on any atom is 0.0364 e. The SMILES string of the molecule is CC#CCCNC1Cc2ccccc21. The van der Waals surface area contributed by atoms with E-state index >= 15 is 0 Å². The summed E-state index contributed by atoms with van der Waals surface area (Å²) in [5.41, 5.74) is 2.96. The Hall–Kier alpha value is -1.26. The van der Waals surface area contributed by atoms with Gasteiger partial charge in [0, 0.05) is 19.0 Å². The number of hydrogen-bond donors (Lipinski definition) is 1. The van der Waals surface area contributed by atoms with E-state index in [4.69, 9.17) is 0 Å². The molecule has 0 aliphatic heterocycles. The van der Waals surface area contributed by atoms with Gasteiger partial charge in [0.05, 0.1) is 0 Å². The van der Waals surface area contributed by atoms with Crippen LogP contribution in [-0.4, -0.2) is 6.54 Å². The Bertz CT molecular complexity index is 370. The number of fused-ring (bicyclic) bond motifs is 1. The van der Waals surface area contributed by atoms with Gasteiger partial charge in [-0.15, -0.1) is 11.8 Å². The van der Waals surface area contributed by atoms with Crippen LogP contribution in [0, 0.1) is 11.8 Å². The smallest absolute Gasteiger partial charge is 0.0364 e. The van der Waals surface area contributed by atoms with Gasteiger partial charge < -0.3 is 5.32 Å². The van der Waals surface area contributed by atoms with E-state index in [1.165, 1.54) is 17.5 Å². The van der Waals surface area contributed by atoms with E-state index in [0.717, 1.165) is 13.0 Å². The first-order valence-electron chi connectivity index (χ1n) is 5.12. The highest BCUT2D eigenvalue weighted by Crippen LogP contribution is 2.32. The molecule has 1 unspecified atom stereocenters. The number of nitrogens with one attached hydrogen (secondary N) is 1. The van der Waals surface area contributed by atoms with Crippen molar-refractivity contribution in [1.29, 1.82) is 0 Å². The Kier molecular flexibility index (Phi) is 2.86. The summed E-state index contributed by atoms with van der Waals surface area (Å²) in [6.07, 6.45) is 2.13. The first-order chi connectivity index (χ1) is 6.92. The van der Waals surface area contributed by atoms with E-state index < -0.39 is 0 Å². The lowest BCUT2D eigenvalue weighted by molar-refractivity contribution is 0.489. The Morgan fingerprint density at radius 3 is 3.07 bits per heavy atom. The molecule has 0 fully saturated rings. The van der Waals surface area contributed by atoms with E-state index in [2.05, 4.69) is 41.4 Å². The Labute approximate surface area is 85.5 Å². The second-order valence-corrected chi connectivity index (χ2v) is 3.59. The molecule has 0 saturated heterocycles. The molecule has 1 N–H and O–H groups in total. The summed E-state index contributed by atoms with van der Waals surface area (Å²) in [5, 5.41) is 3.51. The second kappa shape index (κ2) is 4.30. The molecule has 0 aromatic heterocycles. The van der Waals surface area contributed by atoms with Crippen LogP contribution >= 0.6 is 0 Å². The van der Waals surface area contributed by atoms with E-state index in [-0.39, 0.29) is 0 Å². The Morgan fingerprint density at radius 1 is 1.43 bits per heavy atom. The van der Waals surface area contributed by atoms with Crippen molar-refractivity contribution < 1.29 is 0 Å². The van der Waals surface area contributed by atoms with Crippen LogP contribution < -0.4 is 5.32 Å². The summed E-state index contributed by atoms with van der Waals surface area (Å²) in [6.45, 7) is 2.89. The third kappa shape index (κ3) is 1.81. The second-order valence-electron chi connectivity index (χ2n) is 3.59. The summed E-state index contributed by atoms with van der Waals surface area (Å²) in [4.78, 5) is 0. The Balaban J connectivity index is 1.83. The summed E-state index contributed by atoms with van der Waals surface area (Å²) in [5.74, 6) is 5.97. The highest BCUT2D eigenvalue weighted by Gasteiger charge is 2.23. The largest absolute Gasteiger partial charge is 0.309 e. The first kappa shape index (κ1) is 9.30. The third-order valence-electron chi connectivity index (χ3n) is 2.67. The van der Waals surface area contributed by atoms with Crippen LogP contribution in [0.1, 0.15) is 30.5 Å². The van der Waals surface area contributed by atoms with Crippen molar-refractivity contribution in [3.05, 3.63) is 35.4 Å². The number of rotatable bonds is 3. The lowest BCUT2D eigenvalue weighted by Crippen LogP contribution is -2.31. The maximum atomic E-state index is 3.51. The minimum absolute atomic E-state index is 0.574. The summed E-state index contributed by atoms with van der Waals surface area (Å²) >= 11 is 0. The molecule has 1 aliphatic carbocycles. The summed E-state index contributed by atoms with van der Waals surface area (Å²) < 4.78 is 0. The molecule has 0 heterocycles. The molecule has 1 heteroatoms. The van der Waals surface area contributed by atoms with Crippen LogP contribution in [-0.2, 0) is 6.42 Å². The zero-order chi connectivity index (χ0) is 9.80. The highest BCUT2D eigenvalue weighted by atomic mass is 14.9. The van der Waals surface area contributed by atoms with Gasteiger partial charge in [-0.2, -0.15) is 0 Å². The quantitative estimate of drug-likeness (QED) is 0.562. The monoisotopic (exact) mass is 185 g/mol. The van der Waals surface area contributed by atoms with Gasteiger partial charge in [0.25, 0.3) is 0 Å². The van der Waals surface area contributed by atoms with Crippen molar-refractivity contribution in [1.82, 2.24) is 5.32 Å². The van der Waals surface area contributed by atoms with E-state index in [9.17, 15) is 0 Å². The van der Waals surface area contributed by atoms with Crippen molar-refractivity contribution in [2.75, 3.05) is 6.54 Å². The highest BCUT2D eigenvalue weighted by molar-refractivity contribution is 5.39.